The number of hydrogen-bond acceptors (Lipinski definition) is 6. The number of benzene rings is 1. The van der Waals surface area contributed by atoms with Gasteiger partial charge in [0.2, 0.25) is 17.7 Å². The summed E-state index contributed by atoms with van der Waals surface area (Å²) in [7, 11) is 0. The second-order valence-corrected chi connectivity index (χ2v) is 6.67. The van der Waals surface area contributed by atoms with Crippen molar-refractivity contribution in [3.05, 3.63) is 53.1 Å². The topological polar surface area (TPSA) is 110 Å². The van der Waals surface area contributed by atoms with Crippen LogP contribution < -0.4 is 10.6 Å². The largest absolute Gasteiger partial charge is 0.441 e. The van der Waals surface area contributed by atoms with Crippen LogP contribution in [0.5, 0.6) is 0 Å². The van der Waals surface area contributed by atoms with Gasteiger partial charge in [-0.05, 0) is 39.8 Å². The molecular formula is C20H22N4O4. The summed E-state index contributed by atoms with van der Waals surface area (Å²) >= 11 is 0. The standard InChI is InChI=1S/C20H22N4O4/c1-11-6-5-7-15(8-11)20-22-16(14(4)27-20)10-18(25)21-13(3)19(26)23-17-9-12(2)28-24-17/h5-9,13H,10H2,1-4H3,(H,21,25)(H,23,24,26). The van der Waals surface area contributed by atoms with E-state index in [-0.39, 0.29) is 18.2 Å². The van der Waals surface area contributed by atoms with Gasteiger partial charge < -0.3 is 19.6 Å². The van der Waals surface area contributed by atoms with E-state index in [9.17, 15) is 9.59 Å². The molecule has 8 nitrogen and oxygen atoms in total. The van der Waals surface area contributed by atoms with E-state index in [2.05, 4.69) is 20.8 Å². The van der Waals surface area contributed by atoms with Gasteiger partial charge in [0.05, 0.1) is 12.1 Å². The van der Waals surface area contributed by atoms with E-state index in [4.69, 9.17) is 8.94 Å². The van der Waals surface area contributed by atoms with Crippen LogP contribution in [-0.2, 0) is 16.0 Å². The maximum absolute atomic E-state index is 12.3. The number of oxazole rings is 1. The highest BCUT2D eigenvalue weighted by atomic mass is 16.5. The second kappa shape index (κ2) is 8.08. The van der Waals surface area contributed by atoms with E-state index >= 15 is 0 Å². The molecule has 0 fully saturated rings. The highest BCUT2D eigenvalue weighted by Crippen LogP contribution is 2.22. The Morgan fingerprint density at radius 2 is 1.96 bits per heavy atom. The lowest BCUT2D eigenvalue weighted by Crippen LogP contribution is -2.42. The van der Waals surface area contributed by atoms with Crippen molar-refractivity contribution in [1.29, 1.82) is 0 Å². The van der Waals surface area contributed by atoms with E-state index in [1.165, 1.54) is 0 Å². The number of aromatic nitrogens is 2. The molecule has 2 N–H and O–H groups in total. The quantitative estimate of drug-likeness (QED) is 0.678. The second-order valence-electron chi connectivity index (χ2n) is 6.67. The van der Waals surface area contributed by atoms with Gasteiger partial charge >= 0.3 is 0 Å². The molecular weight excluding hydrogens is 360 g/mol. The SMILES string of the molecule is Cc1cccc(-c2nc(CC(=O)NC(C)C(=O)Nc3cc(C)on3)c(C)o2)c1. The minimum Gasteiger partial charge on any atom is -0.441 e. The molecule has 2 aromatic heterocycles. The zero-order chi connectivity index (χ0) is 20.3. The molecule has 3 aromatic rings. The molecule has 0 aliphatic heterocycles. The smallest absolute Gasteiger partial charge is 0.247 e. The third-order valence-electron chi connectivity index (χ3n) is 4.14. The minimum atomic E-state index is -0.743. The molecule has 2 amide bonds. The zero-order valence-electron chi connectivity index (χ0n) is 16.2. The van der Waals surface area contributed by atoms with E-state index in [1.54, 1.807) is 26.8 Å². The third kappa shape index (κ3) is 4.64. The molecule has 0 bridgehead atoms. The van der Waals surface area contributed by atoms with E-state index in [1.807, 2.05) is 31.2 Å². The van der Waals surface area contributed by atoms with Crippen LogP contribution in [0.4, 0.5) is 5.82 Å². The van der Waals surface area contributed by atoms with Gasteiger partial charge in [0.15, 0.2) is 5.82 Å². The van der Waals surface area contributed by atoms with Crippen molar-refractivity contribution in [3.63, 3.8) is 0 Å². The Morgan fingerprint density at radius 1 is 1.18 bits per heavy atom. The Hall–Kier alpha value is -3.42. The van der Waals surface area contributed by atoms with Crippen LogP contribution >= 0.6 is 0 Å². The molecule has 1 aromatic carbocycles. The summed E-state index contributed by atoms with van der Waals surface area (Å²) < 4.78 is 10.6. The average Bonchev–Trinajstić information content (AvgIpc) is 3.20. The van der Waals surface area contributed by atoms with Crippen molar-refractivity contribution >= 4 is 17.6 Å². The van der Waals surface area contributed by atoms with Crippen LogP contribution in [0.15, 0.2) is 39.3 Å². The number of rotatable bonds is 6. The molecule has 1 unspecified atom stereocenters. The summed E-state index contributed by atoms with van der Waals surface area (Å²) in [6.45, 7) is 7.06. The minimum absolute atomic E-state index is 0.0157. The fraction of sp³-hybridized carbons (Fsp3) is 0.300. The van der Waals surface area contributed by atoms with Gasteiger partial charge in [-0.25, -0.2) is 4.98 Å². The van der Waals surface area contributed by atoms with Crippen LogP contribution in [0.25, 0.3) is 11.5 Å². The number of anilines is 1. The molecule has 28 heavy (non-hydrogen) atoms. The first-order chi connectivity index (χ1) is 13.3. The molecule has 0 saturated heterocycles. The van der Waals surface area contributed by atoms with Gasteiger partial charge in [-0.3, -0.25) is 9.59 Å². The maximum Gasteiger partial charge on any atom is 0.247 e. The average molecular weight is 382 g/mol. The van der Waals surface area contributed by atoms with Crippen LogP contribution in [0.2, 0.25) is 0 Å². The van der Waals surface area contributed by atoms with E-state index < -0.39 is 6.04 Å². The Morgan fingerprint density at radius 3 is 2.64 bits per heavy atom. The summed E-state index contributed by atoms with van der Waals surface area (Å²) in [4.78, 5) is 28.9. The van der Waals surface area contributed by atoms with E-state index in [0.29, 0.717) is 28.9 Å². The highest BCUT2D eigenvalue weighted by Gasteiger charge is 2.20. The van der Waals surface area contributed by atoms with Crippen molar-refractivity contribution in [1.82, 2.24) is 15.5 Å². The lowest BCUT2D eigenvalue weighted by Gasteiger charge is -2.12. The lowest BCUT2D eigenvalue weighted by molar-refractivity contribution is -0.125. The van der Waals surface area contributed by atoms with Gasteiger partial charge in [0, 0.05) is 11.6 Å². The van der Waals surface area contributed by atoms with Gasteiger partial charge in [0.25, 0.3) is 0 Å². The van der Waals surface area contributed by atoms with Crippen LogP contribution in [0, 0.1) is 20.8 Å². The number of nitrogens with one attached hydrogen (secondary N) is 2. The van der Waals surface area contributed by atoms with Gasteiger partial charge in [-0.15, -0.1) is 0 Å². The number of nitrogens with zero attached hydrogens (tertiary/aromatic N) is 2. The molecule has 0 aliphatic carbocycles. The first-order valence-electron chi connectivity index (χ1n) is 8.88. The van der Waals surface area contributed by atoms with Gasteiger partial charge in [-0.1, -0.05) is 22.9 Å². The third-order valence-corrected chi connectivity index (χ3v) is 4.14. The van der Waals surface area contributed by atoms with Crippen LogP contribution in [0.3, 0.4) is 0 Å². The Bertz CT molecular complexity index is 1010. The molecule has 146 valence electrons. The number of hydrogen-bond donors (Lipinski definition) is 2. The van der Waals surface area contributed by atoms with Crippen molar-refractivity contribution in [2.75, 3.05) is 5.32 Å². The number of carbonyl (C=O) groups excluding carboxylic acids is 2. The van der Waals surface area contributed by atoms with Gasteiger partial charge in [0.1, 0.15) is 17.6 Å². The monoisotopic (exact) mass is 382 g/mol. The summed E-state index contributed by atoms with van der Waals surface area (Å²) in [6, 6.07) is 8.63. The fourth-order valence-electron chi connectivity index (χ4n) is 2.66. The first kappa shape index (κ1) is 19.3. The molecule has 0 radical (unpaired) electrons. The van der Waals surface area contributed by atoms with Crippen molar-refractivity contribution < 1.29 is 18.5 Å². The summed E-state index contributed by atoms with van der Waals surface area (Å²) in [6.07, 6.45) is 0.0157. The van der Waals surface area contributed by atoms with Gasteiger partial charge in [-0.2, -0.15) is 0 Å². The number of aryl methyl sites for hydroxylation is 3. The van der Waals surface area contributed by atoms with Crippen molar-refractivity contribution in [3.8, 4) is 11.5 Å². The molecule has 0 spiro atoms. The number of carbonyl (C=O) groups is 2. The summed E-state index contributed by atoms with van der Waals surface area (Å²) in [5.41, 5.74) is 2.48. The molecule has 3 rings (SSSR count). The maximum atomic E-state index is 12.3. The molecule has 8 heteroatoms. The first-order valence-corrected chi connectivity index (χ1v) is 8.88. The molecule has 2 heterocycles. The Balaban J connectivity index is 1.60. The van der Waals surface area contributed by atoms with Crippen molar-refractivity contribution in [2.45, 2.75) is 40.2 Å². The molecule has 1 atom stereocenters. The normalized spacial score (nSPS) is 11.9. The fourth-order valence-corrected chi connectivity index (χ4v) is 2.66. The zero-order valence-corrected chi connectivity index (χ0v) is 16.2. The van der Waals surface area contributed by atoms with Crippen molar-refractivity contribution in [2.24, 2.45) is 0 Å². The van der Waals surface area contributed by atoms with Crippen LogP contribution in [0.1, 0.15) is 29.7 Å². The Kier molecular flexibility index (Phi) is 5.58. The Labute approximate surface area is 162 Å². The summed E-state index contributed by atoms with van der Waals surface area (Å²) in [5, 5.41) is 8.92. The predicted molar refractivity (Wildman–Crippen MR) is 103 cm³/mol. The molecule has 0 aliphatic rings. The summed E-state index contributed by atoms with van der Waals surface area (Å²) in [5.74, 6) is 1.21. The van der Waals surface area contributed by atoms with Crippen LogP contribution in [-0.4, -0.2) is 28.0 Å². The molecule has 0 saturated carbocycles. The highest BCUT2D eigenvalue weighted by molar-refractivity contribution is 5.96. The lowest BCUT2D eigenvalue weighted by atomic mass is 10.1. The van der Waals surface area contributed by atoms with E-state index in [0.717, 1.165) is 11.1 Å². The predicted octanol–water partition coefficient (Wildman–Crippen LogP) is 2.94. The number of amides is 2.